The smallest absolute Gasteiger partial charge is 0.307 e. The summed E-state index contributed by atoms with van der Waals surface area (Å²) in [5, 5.41) is 2.75. The Labute approximate surface area is 179 Å². The van der Waals surface area contributed by atoms with Crippen LogP contribution in [-0.4, -0.2) is 17.7 Å². The predicted molar refractivity (Wildman–Crippen MR) is 115 cm³/mol. The molecule has 158 valence electrons. The molecule has 0 aliphatic heterocycles. The van der Waals surface area contributed by atoms with E-state index in [9.17, 15) is 18.8 Å². The second-order valence-corrected chi connectivity index (χ2v) is 7.07. The number of amides is 1. The molecule has 0 bridgehead atoms. The second-order valence-electron chi connectivity index (χ2n) is 7.07. The summed E-state index contributed by atoms with van der Waals surface area (Å²) in [6.45, 7) is 1.94. The number of Topliss-reactive ketones (excluding diaryl/α,β-unsaturated/α-hetero) is 1. The van der Waals surface area contributed by atoms with Crippen LogP contribution < -0.4 is 5.32 Å². The number of hydrogen-bond donors (Lipinski definition) is 1. The molecule has 1 amide bonds. The van der Waals surface area contributed by atoms with Crippen molar-refractivity contribution in [1.29, 1.82) is 0 Å². The predicted octanol–water partition coefficient (Wildman–Crippen LogP) is 5.02. The minimum atomic E-state index is -1.16. The normalized spacial score (nSPS) is 11.4. The number of esters is 1. The monoisotopic (exact) mass is 419 g/mol. The summed E-state index contributed by atoms with van der Waals surface area (Å²) < 4.78 is 18.4. The van der Waals surface area contributed by atoms with E-state index in [1.54, 1.807) is 42.5 Å². The van der Waals surface area contributed by atoms with E-state index < -0.39 is 23.8 Å². The van der Waals surface area contributed by atoms with Gasteiger partial charge in [0.05, 0.1) is 6.42 Å². The summed E-state index contributed by atoms with van der Waals surface area (Å²) in [4.78, 5) is 37.4. The van der Waals surface area contributed by atoms with Crippen molar-refractivity contribution in [2.75, 3.05) is 5.32 Å². The quantitative estimate of drug-likeness (QED) is 0.411. The largest absolute Gasteiger partial charge is 0.447 e. The summed E-state index contributed by atoms with van der Waals surface area (Å²) in [5.74, 6) is -1.92. The lowest BCUT2D eigenvalue weighted by Gasteiger charge is -2.18. The van der Waals surface area contributed by atoms with Gasteiger partial charge in [0.1, 0.15) is 5.82 Å². The van der Waals surface area contributed by atoms with Crippen molar-refractivity contribution in [3.8, 4) is 0 Å². The number of nitrogens with one attached hydrogen (secondary N) is 1. The average molecular weight is 419 g/mol. The molecule has 1 N–H and O–H groups in total. The van der Waals surface area contributed by atoms with Crippen molar-refractivity contribution < 1.29 is 23.5 Å². The highest BCUT2D eigenvalue weighted by atomic mass is 19.1. The van der Waals surface area contributed by atoms with Gasteiger partial charge in [0.2, 0.25) is 6.10 Å². The van der Waals surface area contributed by atoms with Crippen molar-refractivity contribution in [3.05, 3.63) is 101 Å². The van der Waals surface area contributed by atoms with Crippen molar-refractivity contribution in [2.45, 2.75) is 25.9 Å². The van der Waals surface area contributed by atoms with Gasteiger partial charge in [0.15, 0.2) is 5.78 Å². The van der Waals surface area contributed by atoms with E-state index in [-0.39, 0.29) is 18.6 Å². The standard InChI is InChI=1S/C25H22FNO4/c1-17-7-13-21(14-8-17)27-25(30)24(19-5-3-2-4-6-19)31-23(29)16-15-22(28)18-9-11-20(26)12-10-18/h2-14,24H,15-16H2,1H3,(H,27,30)/t24-/m0/s1. The van der Waals surface area contributed by atoms with Gasteiger partial charge in [-0.05, 0) is 43.3 Å². The first-order chi connectivity index (χ1) is 14.9. The molecule has 0 saturated heterocycles. The zero-order chi connectivity index (χ0) is 22.2. The van der Waals surface area contributed by atoms with Crippen molar-refractivity contribution in [1.82, 2.24) is 0 Å². The van der Waals surface area contributed by atoms with E-state index >= 15 is 0 Å². The Kier molecular flexibility index (Phi) is 7.27. The van der Waals surface area contributed by atoms with Gasteiger partial charge >= 0.3 is 5.97 Å². The van der Waals surface area contributed by atoms with Gasteiger partial charge in [-0.3, -0.25) is 14.4 Å². The van der Waals surface area contributed by atoms with Crippen LogP contribution in [0.1, 0.15) is 40.4 Å². The lowest BCUT2D eigenvalue weighted by Crippen LogP contribution is -2.26. The molecule has 3 rings (SSSR count). The molecule has 0 unspecified atom stereocenters. The number of carbonyl (C=O) groups is 3. The summed E-state index contributed by atoms with van der Waals surface area (Å²) in [7, 11) is 0. The first-order valence-electron chi connectivity index (χ1n) is 9.83. The second kappa shape index (κ2) is 10.3. The van der Waals surface area contributed by atoms with Gasteiger partial charge in [-0.15, -0.1) is 0 Å². The number of aryl methyl sites for hydroxylation is 1. The molecule has 0 saturated carbocycles. The van der Waals surface area contributed by atoms with E-state index in [1.165, 1.54) is 24.3 Å². The van der Waals surface area contributed by atoms with Crippen LogP contribution in [0.15, 0.2) is 78.9 Å². The van der Waals surface area contributed by atoms with E-state index in [0.29, 0.717) is 16.8 Å². The van der Waals surface area contributed by atoms with Crippen LogP contribution in [0.2, 0.25) is 0 Å². The molecule has 1 atom stereocenters. The van der Waals surface area contributed by atoms with Gasteiger partial charge in [-0.2, -0.15) is 0 Å². The molecule has 0 spiro atoms. The fraction of sp³-hybridized carbons (Fsp3) is 0.160. The molecular weight excluding hydrogens is 397 g/mol. The molecule has 31 heavy (non-hydrogen) atoms. The molecule has 3 aromatic carbocycles. The van der Waals surface area contributed by atoms with Crippen LogP contribution in [0.25, 0.3) is 0 Å². The number of halogens is 1. The third kappa shape index (κ3) is 6.34. The molecule has 0 heterocycles. The number of rotatable bonds is 8. The van der Waals surface area contributed by atoms with Crippen molar-refractivity contribution in [3.63, 3.8) is 0 Å². The Morgan fingerprint density at radius 2 is 1.52 bits per heavy atom. The number of hydrogen-bond acceptors (Lipinski definition) is 4. The van der Waals surface area contributed by atoms with Gasteiger partial charge in [-0.1, -0.05) is 48.0 Å². The van der Waals surface area contributed by atoms with Crippen molar-refractivity contribution >= 4 is 23.3 Å². The fourth-order valence-corrected chi connectivity index (χ4v) is 2.93. The minimum Gasteiger partial charge on any atom is -0.447 e. The summed E-state index contributed by atoms with van der Waals surface area (Å²) >= 11 is 0. The summed E-state index contributed by atoms with van der Waals surface area (Å²) in [6.07, 6.45) is -1.46. The van der Waals surface area contributed by atoms with Gasteiger partial charge in [0.25, 0.3) is 5.91 Å². The summed E-state index contributed by atoms with van der Waals surface area (Å²) in [5.41, 5.74) is 2.46. The van der Waals surface area contributed by atoms with E-state index in [4.69, 9.17) is 4.74 Å². The number of carbonyl (C=O) groups excluding carboxylic acids is 3. The Bertz CT molecular complexity index is 1050. The first kappa shape index (κ1) is 21.9. The van der Waals surface area contributed by atoms with E-state index in [1.807, 2.05) is 19.1 Å². The minimum absolute atomic E-state index is 0.106. The Morgan fingerprint density at radius 1 is 0.871 bits per heavy atom. The maximum absolute atomic E-state index is 13.0. The fourth-order valence-electron chi connectivity index (χ4n) is 2.93. The number of ether oxygens (including phenoxy) is 1. The van der Waals surface area contributed by atoms with E-state index in [0.717, 1.165) is 5.56 Å². The lowest BCUT2D eigenvalue weighted by molar-refractivity contribution is -0.154. The van der Waals surface area contributed by atoms with Crippen LogP contribution in [0, 0.1) is 12.7 Å². The molecule has 0 aliphatic rings. The lowest BCUT2D eigenvalue weighted by atomic mass is 10.1. The zero-order valence-electron chi connectivity index (χ0n) is 17.0. The molecule has 0 fully saturated rings. The average Bonchev–Trinajstić information content (AvgIpc) is 2.78. The third-order valence-corrected chi connectivity index (χ3v) is 4.63. The zero-order valence-corrected chi connectivity index (χ0v) is 17.0. The Balaban J connectivity index is 1.65. The highest BCUT2D eigenvalue weighted by Gasteiger charge is 2.25. The number of anilines is 1. The topological polar surface area (TPSA) is 72.5 Å². The van der Waals surface area contributed by atoms with Crippen LogP contribution in [0.5, 0.6) is 0 Å². The molecule has 0 aliphatic carbocycles. The van der Waals surface area contributed by atoms with Crippen LogP contribution >= 0.6 is 0 Å². The van der Waals surface area contributed by atoms with Gasteiger partial charge < -0.3 is 10.1 Å². The van der Waals surface area contributed by atoms with Crippen molar-refractivity contribution in [2.24, 2.45) is 0 Å². The molecule has 0 radical (unpaired) electrons. The third-order valence-electron chi connectivity index (χ3n) is 4.63. The van der Waals surface area contributed by atoms with Crippen LogP contribution in [-0.2, 0) is 14.3 Å². The maximum Gasteiger partial charge on any atom is 0.307 e. The van der Waals surface area contributed by atoms with E-state index in [2.05, 4.69) is 5.32 Å². The van der Waals surface area contributed by atoms with Crippen LogP contribution in [0.4, 0.5) is 10.1 Å². The van der Waals surface area contributed by atoms with Crippen LogP contribution in [0.3, 0.4) is 0 Å². The molecule has 0 aromatic heterocycles. The highest BCUT2D eigenvalue weighted by molar-refractivity contribution is 5.98. The molecule has 3 aromatic rings. The highest BCUT2D eigenvalue weighted by Crippen LogP contribution is 2.21. The SMILES string of the molecule is Cc1ccc(NC(=O)[C@@H](OC(=O)CCC(=O)c2ccc(F)cc2)c2ccccc2)cc1. The maximum atomic E-state index is 13.0. The summed E-state index contributed by atoms with van der Waals surface area (Å²) in [6, 6.07) is 21.0. The van der Waals surface area contributed by atoms with Gasteiger partial charge in [-0.25, -0.2) is 4.39 Å². The van der Waals surface area contributed by atoms with Gasteiger partial charge in [0, 0.05) is 23.2 Å². The number of ketones is 1. The molecular formula is C25H22FNO4. The number of benzene rings is 3. The first-order valence-corrected chi connectivity index (χ1v) is 9.83. The Morgan fingerprint density at radius 3 is 2.16 bits per heavy atom. The molecule has 5 nitrogen and oxygen atoms in total. The Hall–Kier alpha value is -3.80. The molecule has 6 heteroatoms.